The molecule has 0 saturated heterocycles. The molecule has 1 aromatic carbocycles. The van der Waals surface area contributed by atoms with E-state index < -0.39 is 5.82 Å². The second-order valence-corrected chi connectivity index (χ2v) is 4.50. The molecular weight excluding hydrogens is 215 g/mol. The fraction of sp³-hybridized carbons (Fsp3) is 0.417. The van der Waals surface area contributed by atoms with E-state index in [1.807, 2.05) is 0 Å². The quantitative estimate of drug-likeness (QED) is 0.721. The first-order valence-corrected chi connectivity index (χ1v) is 5.47. The predicted molar refractivity (Wildman–Crippen MR) is 57.4 cm³/mol. The molecule has 0 N–H and O–H groups in total. The molecule has 1 aromatic rings. The molecule has 0 heterocycles. The van der Waals surface area contributed by atoms with Crippen molar-refractivity contribution >= 4 is 17.9 Å². The molecule has 0 bridgehead atoms. The second-order valence-electron chi connectivity index (χ2n) is 4.09. The highest BCUT2D eigenvalue weighted by Gasteiger charge is 2.30. The van der Waals surface area contributed by atoms with Crippen molar-refractivity contribution in [2.24, 2.45) is 11.8 Å². The van der Waals surface area contributed by atoms with Gasteiger partial charge in [-0.05, 0) is 42.9 Å². The van der Waals surface area contributed by atoms with Crippen LogP contribution in [0.25, 0.3) is 0 Å². The zero-order chi connectivity index (χ0) is 10.8. The van der Waals surface area contributed by atoms with Crippen LogP contribution in [0.15, 0.2) is 18.2 Å². The fourth-order valence-corrected chi connectivity index (χ4v) is 1.91. The number of hydrogen-bond acceptors (Lipinski definition) is 1. The summed E-state index contributed by atoms with van der Waals surface area (Å²) in [5.74, 6) is 0.154. The van der Waals surface area contributed by atoms with Crippen LogP contribution in [0.2, 0.25) is 5.02 Å². The van der Waals surface area contributed by atoms with Crippen LogP contribution >= 0.6 is 11.6 Å². The minimum atomic E-state index is -0.408. The highest BCUT2D eigenvalue weighted by Crippen LogP contribution is 2.37. The van der Waals surface area contributed by atoms with Crippen molar-refractivity contribution in [3.63, 3.8) is 0 Å². The summed E-state index contributed by atoms with van der Waals surface area (Å²) in [6.45, 7) is 0. The summed E-state index contributed by atoms with van der Waals surface area (Å²) in [6.07, 6.45) is 3.87. The predicted octanol–water partition coefficient (Wildman–Crippen LogP) is 3.25. The first kappa shape index (κ1) is 10.6. The molecule has 0 amide bonds. The SMILES string of the molecule is O=CC(Cc1ccc(Cl)c(F)c1)C1CC1. The Labute approximate surface area is 93.2 Å². The third kappa shape index (κ3) is 2.57. The van der Waals surface area contributed by atoms with Gasteiger partial charge in [0.2, 0.25) is 0 Å². The molecule has 0 aliphatic heterocycles. The molecule has 3 heteroatoms. The van der Waals surface area contributed by atoms with Gasteiger partial charge in [0.25, 0.3) is 0 Å². The van der Waals surface area contributed by atoms with Gasteiger partial charge in [-0.15, -0.1) is 0 Å². The Kier molecular flexibility index (Phi) is 3.06. The molecule has 15 heavy (non-hydrogen) atoms. The Morgan fingerprint density at radius 1 is 1.53 bits per heavy atom. The number of carbonyl (C=O) groups excluding carboxylic acids is 1. The number of rotatable bonds is 4. The molecule has 0 aromatic heterocycles. The van der Waals surface area contributed by atoms with E-state index in [0.717, 1.165) is 24.7 Å². The summed E-state index contributed by atoms with van der Waals surface area (Å²) in [5.41, 5.74) is 0.848. The van der Waals surface area contributed by atoms with Gasteiger partial charge in [0.15, 0.2) is 0 Å². The van der Waals surface area contributed by atoms with E-state index in [0.29, 0.717) is 12.3 Å². The van der Waals surface area contributed by atoms with Gasteiger partial charge in [-0.25, -0.2) is 4.39 Å². The Morgan fingerprint density at radius 2 is 2.27 bits per heavy atom. The summed E-state index contributed by atoms with van der Waals surface area (Å²) >= 11 is 5.58. The Hall–Kier alpha value is -0.890. The van der Waals surface area contributed by atoms with Crippen LogP contribution in [0.5, 0.6) is 0 Å². The van der Waals surface area contributed by atoms with Crippen LogP contribution in [-0.2, 0) is 11.2 Å². The maximum atomic E-state index is 13.1. The molecule has 1 aliphatic rings. The lowest BCUT2D eigenvalue weighted by atomic mass is 9.96. The van der Waals surface area contributed by atoms with Crippen LogP contribution in [-0.4, -0.2) is 6.29 Å². The standard InChI is InChI=1S/C12H12ClFO/c13-11-4-1-8(6-12(11)14)5-10(7-15)9-2-3-9/h1,4,6-7,9-10H,2-3,5H2. The van der Waals surface area contributed by atoms with Crippen molar-refractivity contribution in [1.29, 1.82) is 0 Å². The second kappa shape index (κ2) is 4.31. The van der Waals surface area contributed by atoms with Crippen LogP contribution in [0.1, 0.15) is 18.4 Å². The largest absolute Gasteiger partial charge is 0.303 e. The van der Waals surface area contributed by atoms with Gasteiger partial charge in [-0.3, -0.25) is 0 Å². The van der Waals surface area contributed by atoms with E-state index in [9.17, 15) is 9.18 Å². The van der Waals surface area contributed by atoms with Crippen molar-refractivity contribution < 1.29 is 9.18 Å². The minimum Gasteiger partial charge on any atom is -0.303 e. The number of benzene rings is 1. The van der Waals surface area contributed by atoms with Gasteiger partial charge in [0, 0.05) is 5.92 Å². The lowest BCUT2D eigenvalue weighted by molar-refractivity contribution is -0.111. The van der Waals surface area contributed by atoms with Crippen LogP contribution in [0, 0.1) is 17.7 Å². The summed E-state index contributed by atoms with van der Waals surface area (Å²) in [5, 5.41) is 0.132. The molecule has 1 fully saturated rings. The highest BCUT2D eigenvalue weighted by atomic mass is 35.5. The number of halogens is 2. The third-order valence-electron chi connectivity index (χ3n) is 2.86. The number of carbonyl (C=O) groups is 1. The Morgan fingerprint density at radius 3 is 2.80 bits per heavy atom. The molecule has 1 aliphatic carbocycles. The van der Waals surface area contributed by atoms with Crippen molar-refractivity contribution in [3.05, 3.63) is 34.6 Å². The van der Waals surface area contributed by atoms with Crippen molar-refractivity contribution in [2.45, 2.75) is 19.3 Å². The van der Waals surface area contributed by atoms with Gasteiger partial charge in [-0.1, -0.05) is 17.7 Å². The van der Waals surface area contributed by atoms with E-state index >= 15 is 0 Å². The zero-order valence-corrected chi connectivity index (χ0v) is 9.01. The molecule has 80 valence electrons. The molecule has 1 nitrogen and oxygen atoms in total. The van der Waals surface area contributed by atoms with Crippen LogP contribution in [0.4, 0.5) is 4.39 Å². The normalized spacial score (nSPS) is 17.5. The topological polar surface area (TPSA) is 17.1 Å². The maximum Gasteiger partial charge on any atom is 0.142 e. The average Bonchev–Trinajstić information content (AvgIpc) is 3.03. The monoisotopic (exact) mass is 226 g/mol. The van der Waals surface area contributed by atoms with E-state index in [-0.39, 0.29) is 10.9 Å². The first-order valence-electron chi connectivity index (χ1n) is 5.10. The third-order valence-corrected chi connectivity index (χ3v) is 3.16. The van der Waals surface area contributed by atoms with E-state index in [2.05, 4.69) is 0 Å². The van der Waals surface area contributed by atoms with Crippen molar-refractivity contribution in [2.75, 3.05) is 0 Å². The molecular formula is C12H12ClFO. The maximum absolute atomic E-state index is 13.1. The van der Waals surface area contributed by atoms with Crippen molar-refractivity contribution in [3.8, 4) is 0 Å². The number of aldehydes is 1. The van der Waals surface area contributed by atoms with Gasteiger partial charge in [0.1, 0.15) is 12.1 Å². The number of hydrogen-bond donors (Lipinski definition) is 0. The minimum absolute atomic E-state index is 0.0468. The van der Waals surface area contributed by atoms with E-state index in [4.69, 9.17) is 11.6 Å². The van der Waals surface area contributed by atoms with Crippen LogP contribution < -0.4 is 0 Å². The van der Waals surface area contributed by atoms with Crippen LogP contribution in [0.3, 0.4) is 0 Å². The average molecular weight is 227 g/mol. The molecule has 0 radical (unpaired) electrons. The summed E-state index contributed by atoms with van der Waals surface area (Å²) < 4.78 is 13.1. The highest BCUT2D eigenvalue weighted by molar-refractivity contribution is 6.30. The van der Waals surface area contributed by atoms with Gasteiger partial charge in [-0.2, -0.15) is 0 Å². The zero-order valence-electron chi connectivity index (χ0n) is 8.25. The molecule has 1 atom stereocenters. The lowest BCUT2D eigenvalue weighted by Gasteiger charge is -2.08. The van der Waals surface area contributed by atoms with Gasteiger partial charge < -0.3 is 4.79 Å². The smallest absolute Gasteiger partial charge is 0.142 e. The van der Waals surface area contributed by atoms with Crippen molar-refractivity contribution in [1.82, 2.24) is 0 Å². The van der Waals surface area contributed by atoms with E-state index in [1.165, 1.54) is 6.07 Å². The molecule has 2 rings (SSSR count). The lowest BCUT2D eigenvalue weighted by Crippen LogP contribution is -2.08. The fourth-order valence-electron chi connectivity index (χ4n) is 1.79. The Bertz CT molecular complexity index is 374. The first-order chi connectivity index (χ1) is 7.20. The summed E-state index contributed by atoms with van der Waals surface area (Å²) in [6, 6.07) is 4.74. The summed E-state index contributed by atoms with van der Waals surface area (Å²) in [4.78, 5) is 10.8. The Balaban J connectivity index is 2.08. The van der Waals surface area contributed by atoms with E-state index in [1.54, 1.807) is 12.1 Å². The molecule has 1 saturated carbocycles. The summed E-state index contributed by atoms with van der Waals surface area (Å²) in [7, 11) is 0. The van der Waals surface area contributed by atoms with Gasteiger partial charge in [0.05, 0.1) is 5.02 Å². The molecule has 1 unspecified atom stereocenters. The van der Waals surface area contributed by atoms with Gasteiger partial charge >= 0.3 is 0 Å². The molecule has 0 spiro atoms.